The highest BCUT2D eigenvalue weighted by Crippen LogP contribution is 2.52. The summed E-state index contributed by atoms with van der Waals surface area (Å²) >= 11 is 1.89. The average molecular weight is 332 g/mol. The molecule has 1 spiro atoms. The number of hydrogen-bond donors (Lipinski definition) is 2. The fraction of sp³-hybridized carbons (Fsp3) is 0.667. The van der Waals surface area contributed by atoms with Crippen molar-refractivity contribution in [3.8, 4) is 0 Å². The summed E-state index contributed by atoms with van der Waals surface area (Å²) in [5, 5.41) is 12.9. The molecule has 4 aliphatic rings. The van der Waals surface area contributed by atoms with Crippen LogP contribution in [0.1, 0.15) is 32.1 Å². The number of carbonyl (C=O) groups excluding carboxylic acids is 1. The number of aliphatic imine (C=N–C) groups is 1. The van der Waals surface area contributed by atoms with Gasteiger partial charge >= 0.3 is 0 Å². The number of amides is 1. The number of hydrogen-bond acceptors (Lipinski definition) is 4. The summed E-state index contributed by atoms with van der Waals surface area (Å²) in [6, 6.07) is 0.242. The van der Waals surface area contributed by atoms with Gasteiger partial charge in [-0.2, -0.15) is 0 Å². The lowest BCUT2D eigenvalue weighted by Gasteiger charge is -2.38. The topological polar surface area (TPSA) is 61.7 Å². The Balaban J connectivity index is 1.46. The van der Waals surface area contributed by atoms with Crippen LogP contribution in [0.25, 0.3) is 0 Å². The number of aliphatic hydroxyl groups is 1. The highest BCUT2D eigenvalue weighted by atomic mass is 32.2. The van der Waals surface area contributed by atoms with Gasteiger partial charge in [-0.1, -0.05) is 18.2 Å². The summed E-state index contributed by atoms with van der Waals surface area (Å²) in [5.74, 6) is 1.53. The van der Waals surface area contributed by atoms with Crippen molar-refractivity contribution < 1.29 is 9.90 Å². The van der Waals surface area contributed by atoms with Crippen LogP contribution >= 0.6 is 11.8 Å². The molecule has 4 nitrogen and oxygen atoms in total. The monoisotopic (exact) mass is 332 g/mol. The zero-order valence-electron chi connectivity index (χ0n) is 13.3. The number of rotatable bonds is 2. The maximum atomic E-state index is 12.9. The Morgan fingerprint density at radius 1 is 1.26 bits per heavy atom. The van der Waals surface area contributed by atoms with Gasteiger partial charge in [-0.3, -0.25) is 9.79 Å². The predicted octanol–water partition coefficient (Wildman–Crippen LogP) is 2.09. The third kappa shape index (κ3) is 2.68. The van der Waals surface area contributed by atoms with Crippen molar-refractivity contribution in [2.75, 3.05) is 12.3 Å². The van der Waals surface area contributed by atoms with E-state index in [1.165, 1.54) is 0 Å². The van der Waals surface area contributed by atoms with Crippen molar-refractivity contribution in [1.29, 1.82) is 0 Å². The molecule has 124 valence electrons. The molecule has 3 unspecified atom stereocenters. The van der Waals surface area contributed by atoms with Gasteiger partial charge in [-0.05, 0) is 44.1 Å². The van der Waals surface area contributed by atoms with E-state index in [1.54, 1.807) is 0 Å². The number of thioether (sulfide) groups is 1. The van der Waals surface area contributed by atoms with Gasteiger partial charge in [-0.25, -0.2) is 0 Å². The average Bonchev–Trinajstić information content (AvgIpc) is 2.95. The Morgan fingerprint density at radius 2 is 2.09 bits per heavy atom. The van der Waals surface area contributed by atoms with Crippen LogP contribution in [0.3, 0.4) is 0 Å². The molecule has 23 heavy (non-hydrogen) atoms. The van der Waals surface area contributed by atoms with Gasteiger partial charge < -0.3 is 10.4 Å². The second kappa shape index (κ2) is 6.10. The summed E-state index contributed by atoms with van der Waals surface area (Å²) in [6.07, 6.45) is 12.8. The van der Waals surface area contributed by atoms with Crippen LogP contribution in [-0.4, -0.2) is 45.9 Å². The number of nitrogens with zero attached hydrogens (tertiary/aromatic N) is 1. The lowest BCUT2D eigenvalue weighted by Crippen LogP contribution is -2.48. The van der Waals surface area contributed by atoms with E-state index in [9.17, 15) is 9.90 Å². The molecular formula is C18H24N2O2S. The first-order valence-corrected chi connectivity index (χ1v) is 9.71. The van der Waals surface area contributed by atoms with Crippen molar-refractivity contribution >= 4 is 23.4 Å². The zero-order chi connectivity index (χ0) is 15.9. The Hall–Kier alpha value is -1.07. The van der Waals surface area contributed by atoms with Crippen molar-refractivity contribution in [2.45, 2.75) is 49.0 Å². The SMILES string of the molecule is O=C(N[C@H]1CC[C@@H](O)CC1)C1CSC23C=CC=CC2=NCCC13. The molecule has 2 aliphatic heterocycles. The van der Waals surface area contributed by atoms with Gasteiger partial charge in [0, 0.05) is 18.3 Å². The summed E-state index contributed by atoms with van der Waals surface area (Å²) in [5.41, 5.74) is 1.15. The molecule has 0 radical (unpaired) electrons. The van der Waals surface area contributed by atoms with E-state index in [4.69, 9.17) is 4.99 Å². The quantitative estimate of drug-likeness (QED) is 0.814. The summed E-state index contributed by atoms with van der Waals surface area (Å²) in [4.78, 5) is 17.6. The summed E-state index contributed by atoms with van der Waals surface area (Å²) in [6.45, 7) is 0.833. The Labute approximate surface area is 141 Å². The number of allylic oxidation sites excluding steroid dienone is 3. The minimum Gasteiger partial charge on any atom is -0.393 e. The Bertz CT molecular complexity index is 578. The molecular weight excluding hydrogens is 308 g/mol. The van der Waals surface area contributed by atoms with Crippen LogP contribution in [0.15, 0.2) is 29.3 Å². The number of carbonyl (C=O) groups is 1. The summed E-state index contributed by atoms with van der Waals surface area (Å²) in [7, 11) is 0. The first-order chi connectivity index (χ1) is 11.2. The van der Waals surface area contributed by atoms with E-state index >= 15 is 0 Å². The highest BCUT2D eigenvalue weighted by Gasteiger charge is 2.54. The minimum absolute atomic E-state index is 0.0717. The third-order valence-electron chi connectivity index (χ3n) is 5.75. The molecule has 1 saturated carbocycles. The van der Waals surface area contributed by atoms with E-state index in [-0.39, 0.29) is 28.7 Å². The highest BCUT2D eigenvalue weighted by molar-refractivity contribution is 8.02. The van der Waals surface area contributed by atoms with E-state index in [1.807, 2.05) is 17.8 Å². The van der Waals surface area contributed by atoms with Gasteiger partial charge in [0.2, 0.25) is 5.91 Å². The van der Waals surface area contributed by atoms with E-state index in [2.05, 4.69) is 23.5 Å². The molecule has 2 fully saturated rings. The minimum atomic E-state index is -0.176. The number of aliphatic hydroxyl groups excluding tert-OH is 1. The molecule has 0 aromatic heterocycles. The second-order valence-corrected chi connectivity index (χ2v) is 8.40. The van der Waals surface area contributed by atoms with Crippen molar-refractivity contribution in [3.05, 3.63) is 24.3 Å². The van der Waals surface area contributed by atoms with Crippen LogP contribution < -0.4 is 5.32 Å². The molecule has 2 heterocycles. The van der Waals surface area contributed by atoms with E-state index in [0.717, 1.165) is 50.1 Å². The lowest BCUT2D eigenvalue weighted by molar-refractivity contribution is -0.126. The van der Waals surface area contributed by atoms with Gasteiger partial charge in [0.15, 0.2) is 0 Å². The van der Waals surface area contributed by atoms with E-state index in [0.29, 0.717) is 5.92 Å². The lowest BCUT2D eigenvalue weighted by atomic mass is 9.74. The van der Waals surface area contributed by atoms with Crippen LogP contribution in [0.4, 0.5) is 0 Å². The fourth-order valence-corrected chi connectivity index (χ4v) is 6.24. The van der Waals surface area contributed by atoms with Gasteiger partial charge in [-0.15, -0.1) is 11.8 Å². The molecule has 3 atom stereocenters. The molecule has 0 bridgehead atoms. The smallest absolute Gasteiger partial charge is 0.224 e. The first-order valence-electron chi connectivity index (χ1n) is 8.72. The normalized spacial score (nSPS) is 41.9. The van der Waals surface area contributed by atoms with Crippen molar-refractivity contribution in [2.24, 2.45) is 16.8 Å². The molecule has 5 heteroatoms. The predicted molar refractivity (Wildman–Crippen MR) is 93.8 cm³/mol. The molecule has 2 aliphatic carbocycles. The summed E-state index contributed by atoms with van der Waals surface area (Å²) < 4.78 is -0.0717. The van der Waals surface area contributed by atoms with Gasteiger partial charge in [0.05, 0.1) is 22.5 Å². The van der Waals surface area contributed by atoms with Crippen molar-refractivity contribution in [3.63, 3.8) is 0 Å². The van der Waals surface area contributed by atoms with Crippen LogP contribution in [0.5, 0.6) is 0 Å². The first kappa shape index (κ1) is 15.5. The van der Waals surface area contributed by atoms with Crippen LogP contribution in [0, 0.1) is 11.8 Å². The maximum absolute atomic E-state index is 12.9. The Morgan fingerprint density at radius 3 is 2.91 bits per heavy atom. The molecule has 1 amide bonds. The van der Waals surface area contributed by atoms with Gasteiger partial charge in [0.1, 0.15) is 0 Å². The van der Waals surface area contributed by atoms with Crippen LogP contribution in [0.2, 0.25) is 0 Å². The second-order valence-electron chi connectivity index (χ2n) is 7.11. The molecule has 0 aromatic carbocycles. The van der Waals surface area contributed by atoms with E-state index < -0.39 is 0 Å². The van der Waals surface area contributed by atoms with Gasteiger partial charge in [0.25, 0.3) is 0 Å². The number of nitrogens with one attached hydrogen (secondary N) is 1. The molecule has 4 rings (SSSR count). The maximum Gasteiger partial charge on any atom is 0.224 e. The zero-order valence-corrected chi connectivity index (χ0v) is 14.1. The Kier molecular flexibility index (Phi) is 4.10. The molecule has 1 saturated heterocycles. The standard InChI is InChI=1S/C18H24N2O2S/c21-13-6-4-12(5-7-13)20-17(22)14-11-23-18-9-2-1-3-16(18)19-10-8-15(14)18/h1-3,9,12-15,21H,4-8,10-11H2,(H,20,22)/t12-,13+,14?,15?,18?. The molecule has 0 aromatic rings. The largest absolute Gasteiger partial charge is 0.393 e. The van der Waals surface area contributed by atoms with Crippen molar-refractivity contribution in [1.82, 2.24) is 5.32 Å². The molecule has 2 N–H and O–H groups in total. The third-order valence-corrected chi connectivity index (χ3v) is 7.40. The fourth-order valence-electron chi connectivity index (χ4n) is 4.45. The van der Waals surface area contributed by atoms with Crippen LogP contribution in [-0.2, 0) is 4.79 Å².